The molecule has 16 heavy (non-hydrogen) atoms. The van der Waals surface area contributed by atoms with Crippen molar-refractivity contribution in [3.05, 3.63) is 17.5 Å². The van der Waals surface area contributed by atoms with Gasteiger partial charge in [0.2, 0.25) is 0 Å². The van der Waals surface area contributed by atoms with Gasteiger partial charge in [-0.05, 0) is 25.8 Å². The molecule has 0 saturated carbocycles. The SMILES string of the molecule is CCCCc1cc2c(C)n(C)nc2c(N)n1. The van der Waals surface area contributed by atoms with E-state index < -0.39 is 0 Å². The molecule has 0 spiro atoms. The number of unbranched alkanes of at least 4 members (excludes halogenated alkanes) is 1. The van der Waals surface area contributed by atoms with E-state index in [0.29, 0.717) is 5.82 Å². The maximum Gasteiger partial charge on any atom is 0.152 e. The molecule has 2 aromatic rings. The summed E-state index contributed by atoms with van der Waals surface area (Å²) in [7, 11) is 1.93. The lowest BCUT2D eigenvalue weighted by Gasteiger charge is -2.01. The van der Waals surface area contributed by atoms with Gasteiger partial charge < -0.3 is 5.73 Å². The van der Waals surface area contributed by atoms with Gasteiger partial charge in [-0.2, -0.15) is 5.10 Å². The molecule has 0 aliphatic heterocycles. The zero-order valence-electron chi connectivity index (χ0n) is 10.1. The Morgan fingerprint density at radius 1 is 1.44 bits per heavy atom. The average Bonchev–Trinajstić information content (AvgIpc) is 2.54. The molecular weight excluding hydrogens is 200 g/mol. The Labute approximate surface area is 95.5 Å². The molecule has 4 heteroatoms. The molecule has 86 valence electrons. The first kappa shape index (κ1) is 10.9. The fourth-order valence-electron chi connectivity index (χ4n) is 1.88. The van der Waals surface area contributed by atoms with Crippen LogP contribution in [0, 0.1) is 6.92 Å². The van der Waals surface area contributed by atoms with E-state index in [9.17, 15) is 0 Å². The Balaban J connectivity index is 2.52. The molecule has 2 heterocycles. The number of nitrogens with two attached hydrogens (primary N) is 1. The number of hydrogen-bond acceptors (Lipinski definition) is 3. The first-order valence-electron chi connectivity index (χ1n) is 5.72. The number of pyridine rings is 1. The largest absolute Gasteiger partial charge is 0.382 e. The lowest BCUT2D eigenvalue weighted by atomic mass is 10.1. The topological polar surface area (TPSA) is 56.7 Å². The van der Waals surface area contributed by atoms with Crippen molar-refractivity contribution in [2.24, 2.45) is 7.05 Å². The number of nitrogen functional groups attached to an aromatic ring is 1. The van der Waals surface area contributed by atoms with Crippen LogP contribution in [0.15, 0.2) is 6.07 Å². The minimum absolute atomic E-state index is 0.548. The Hall–Kier alpha value is -1.58. The van der Waals surface area contributed by atoms with Crippen LogP contribution in [-0.2, 0) is 13.5 Å². The van der Waals surface area contributed by atoms with Crippen LogP contribution < -0.4 is 5.73 Å². The summed E-state index contributed by atoms with van der Waals surface area (Å²) in [5.74, 6) is 0.548. The molecule has 2 aromatic heterocycles. The number of rotatable bonds is 3. The Bertz CT molecular complexity index is 513. The first-order chi connectivity index (χ1) is 7.63. The molecule has 2 rings (SSSR count). The summed E-state index contributed by atoms with van der Waals surface area (Å²) in [5, 5.41) is 5.49. The van der Waals surface area contributed by atoms with Gasteiger partial charge in [-0.3, -0.25) is 4.68 Å². The van der Waals surface area contributed by atoms with Crippen molar-refractivity contribution in [3.63, 3.8) is 0 Å². The van der Waals surface area contributed by atoms with Gasteiger partial charge in [-0.25, -0.2) is 4.98 Å². The van der Waals surface area contributed by atoms with Crippen LogP contribution in [0.2, 0.25) is 0 Å². The van der Waals surface area contributed by atoms with Crippen LogP contribution in [0.1, 0.15) is 31.2 Å². The predicted molar refractivity (Wildman–Crippen MR) is 66.3 cm³/mol. The molecule has 0 radical (unpaired) electrons. The summed E-state index contributed by atoms with van der Waals surface area (Å²) in [4.78, 5) is 4.40. The number of anilines is 1. The normalized spacial score (nSPS) is 11.2. The average molecular weight is 218 g/mol. The van der Waals surface area contributed by atoms with Crippen molar-refractivity contribution in [3.8, 4) is 0 Å². The van der Waals surface area contributed by atoms with Gasteiger partial charge in [0.05, 0.1) is 0 Å². The van der Waals surface area contributed by atoms with Gasteiger partial charge in [0.25, 0.3) is 0 Å². The van der Waals surface area contributed by atoms with E-state index >= 15 is 0 Å². The molecule has 0 unspecified atom stereocenters. The molecule has 0 bridgehead atoms. The van der Waals surface area contributed by atoms with Gasteiger partial charge >= 0.3 is 0 Å². The standard InChI is InChI=1S/C12H18N4/c1-4-5-6-9-7-10-8(2)16(3)15-11(10)12(13)14-9/h7H,4-6H2,1-3H3,(H2,13,14). The molecule has 0 fully saturated rings. The molecule has 0 amide bonds. The molecule has 0 aliphatic carbocycles. The van der Waals surface area contributed by atoms with Crippen LogP contribution in [0.4, 0.5) is 5.82 Å². The summed E-state index contributed by atoms with van der Waals surface area (Å²) in [6.07, 6.45) is 3.31. The molecule has 0 atom stereocenters. The summed E-state index contributed by atoms with van der Waals surface area (Å²) >= 11 is 0. The third-order valence-corrected chi connectivity index (χ3v) is 2.98. The first-order valence-corrected chi connectivity index (χ1v) is 5.72. The smallest absolute Gasteiger partial charge is 0.152 e. The summed E-state index contributed by atoms with van der Waals surface area (Å²) in [5.41, 5.74) is 8.96. The second-order valence-electron chi connectivity index (χ2n) is 4.21. The fraction of sp³-hybridized carbons (Fsp3) is 0.500. The van der Waals surface area contributed by atoms with Crippen LogP contribution >= 0.6 is 0 Å². The van der Waals surface area contributed by atoms with Crippen molar-refractivity contribution >= 4 is 16.7 Å². The van der Waals surface area contributed by atoms with Crippen molar-refractivity contribution in [1.82, 2.24) is 14.8 Å². The number of nitrogens with zero attached hydrogens (tertiary/aromatic N) is 3. The molecule has 4 nitrogen and oxygen atoms in total. The number of aromatic nitrogens is 3. The lowest BCUT2D eigenvalue weighted by molar-refractivity contribution is 0.751. The Morgan fingerprint density at radius 2 is 2.19 bits per heavy atom. The zero-order valence-corrected chi connectivity index (χ0v) is 10.1. The summed E-state index contributed by atoms with van der Waals surface area (Å²) in [6.45, 7) is 4.23. The highest BCUT2D eigenvalue weighted by molar-refractivity contribution is 5.89. The summed E-state index contributed by atoms with van der Waals surface area (Å²) in [6, 6.07) is 2.11. The van der Waals surface area contributed by atoms with Gasteiger partial charge in [0.15, 0.2) is 5.82 Å². The molecule has 0 aliphatic rings. The third-order valence-electron chi connectivity index (χ3n) is 2.98. The minimum Gasteiger partial charge on any atom is -0.382 e. The predicted octanol–water partition coefficient (Wildman–Crippen LogP) is 2.20. The third kappa shape index (κ3) is 1.75. The maximum atomic E-state index is 5.92. The highest BCUT2D eigenvalue weighted by Crippen LogP contribution is 2.22. The minimum atomic E-state index is 0.548. The van der Waals surface area contributed by atoms with Crippen LogP contribution in [0.3, 0.4) is 0 Å². The van der Waals surface area contributed by atoms with E-state index in [0.717, 1.165) is 35.1 Å². The van der Waals surface area contributed by atoms with Crippen LogP contribution in [-0.4, -0.2) is 14.8 Å². The monoisotopic (exact) mass is 218 g/mol. The van der Waals surface area contributed by atoms with Crippen molar-refractivity contribution in [2.75, 3.05) is 5.73 Å². The molecule has 2 N–H and O–H groups in total. The maximum absolute atomic E-state index is 5.92. The van der Waals surface area contributed by atoms with Crippen LogP contribution in [0.5, 0.6) is 0 Å². The van der Waals surface area contributed by atoms with Gasteiger partial charge in [-0.15, -0.1) is 0 Å². The van der Waals surface area contributed by atoms with E-state index in [1.165, 1.54) is 6.42 Å². The van der Waals surface area contributed by atoms with Crippen LogP contribution in [0.25, 0.3) is 10.9 Å². The molecule has 0 aromatic carbocycles. The Morgan fingerprint density at radius 3 is 2.88 bits per heavy atom. The number of aryl methyl sites for hydroxylation is 3. The quantitative estimate of drug-likeness (QED) is 0.859. The fourth-order valence-corrected chi connectivity index (χ4v) is 1.88. The van der Waals surface area contributed by atoms with Gasteiger partial charge in [-0.1, -0.05) is 13.3 Å². The highest BCUT2D eigenvalue weighted by atomic mass is 15.3. The van der Waals surface area contributed by atoms with Gasteiger partial charge in [0, 0.05) is 23.8 Å². The molecule has 0 saturated heterocycles. The van der Waals surface area contributed by atoms with E-state index in [2.05, 4.69) is 30.0 Å². The zero-order chi connectivity index (χ0) is 11.7. The molecular formula is C12H18N4. The lowest BCUT2D eigenvalue weighted by Crippen LogP contribution is -1.97. The van der Waals surface area contributed by atoms with E-state index in [4.69, 9.17) is 5.73 Å². The van der Waals surface area contributed by atoms with Gasteiger partial charge in [0.1, 0.15) is 5.52 Å². The van der Waals surface area contributed by atoms with Crippen molar-refractivity contribution < 1.29 is 0 Å². The van der Waals surface area contributed by atoms with E-state index in [1.807, 2.05) is 11.7 Å². The second kappa shape index (κ2) is 4.12. The van der Waals surface area contributed by atoms with E-state index in [-0.39, 0.29) is 0 Å². The number of fused-ring (bicyclic) bond motifs is 1. The number of hydrogen-bond donors (Lipinski definition) is 1. The van der Waals surface area contributed by atoms with Crippen molar-refractivity contribution in [1.29, 1.82) is 0 Å². The second-order valence-corrected chi connectivity index (χ2v) is 4.21. The van der Waals surface area contributed by atoms with Crippen molar-refractivity contribution in [2.45, 2.75) is 33.1 Å². The summed E-state index contributed by atoms with van der Waals surface area (Å²) < 4.78 is 1.85. The highest BCUT2D eigenvalue weighted by Gasteiger charge is 2.10. The Kier molecular flexibility index (Phi) is 2.81. The van der Waals surface area contributed by atoms with E-state index in [1.54, 1.807) is 0 Å².